The second-order valence-corrected chi connectivity index (χ2v) is 9.08. The minimum Gasteiger partial charge on any atom is -0.495 e. The molecule has 0 aromatic heterocycles. The van der Waals surface area contributed by atoms with Crippen LogP contribution in [0.1, 0.15) is 19.3 Å². The first-order valence-electron chi connectivity index (χ1n) is 8.84. The molecule has 0 N–H and O–H groups in total. The number of rotatable bonds is 5. The molecule has 2 saturated heterocycles. The van der Waals surface area contributed by atoms with Crippen LogP contribution in [-0.4, -0.2) is 64.0 Å². The van der Waals surface area contributed by atoms with Crippen LogP contribution in [0.3, 0.4) is 0 Å². The number of carbonyl (C=O) groups excluding carboxylic acids is 1. The highest BCUT2D eigenvalue weighted by Crippen LogP contribution is 2.28. The van der Waals surface area contributed by atoms with Gasteiger partial charge in [0, 0.05) is 32.6 Å². The highest BCUT2D eigenvalue weighted by molar-refractivity contribution is 7.91. The van der Waals surface area contributed by atoms with Crippen LogP contribution < -0.4 is 9.64 Å². The van der Waals surface area contributed by atoms with Crippen molar-refractivity contribution in [3.8, 4) is 5.75 Å². The molecule has 1 aromatic carbocycles. The summed E-state index contributed by atoms with van der Waals surface area (Å²) in [6.07, 6.45) is 1.84. The van der Waals surface area contributed by atoms with E-state index >= 15 is 0 Å². The summed E-state index contributed by atoms with van der Waals surface area (Å²) in [5, 5.41) is 0. The van der Waals surface area contributed by atoms with Gasteiger partial charge in [-0.25, -0.2) is 8.42 Å². The maximum Gasteiger partial charge on any atom is 0.222 e. The Labute approximate surface area is 149 Å². The molecule has 1 aromatic rings. The molecule has 138 valence electrons. The predicted octanol–water partition coefficient (Wildman–Crippen LogP) is 1.56. The number of anilines is 1. The number of nitrogens with zero attached hydrogens (tertiary/aromatic N) is 2. The van der Waals surface area contributed by atoms with Crippen molar-refractivity contribution in [2.24, 2.45) is 5.92 Å². The van der Waals surface area contributed by atoms with E-state index in [4.69, 9.17) is 4.74 Å². The fourth-order valence-electron chi connectivity index (χ4n) is 3.67. The topological polar surface area (TPSA) is 66.9 Å². The molecule has 2 heterocycles. The first kappa shape index (κ1) is 18.0. The zero-order chi connectivity index (χ0) is 17.9. The number of hydrogen-bond donors (Lipinski definition) is 0. The molecular formula is C18H26N2O4S. The second kappa shape index (κ2) is 7.64. The van der Waals surface area contributed by atoms with E-state index in [2.05, 4.69) is 4.90 Å². The predicted molar refractivity (Wildman–Crippen MR) is 97.8 cm³/mol. The molecule has 7 heteroatoms. The van der Waals surface area contributed by atoms with Gasteiger partial charge in [-0.15, -0.1) is 0 Å². The Hall–Kier alpha value is -1.76. The van der Waals surface area contributed by atoms with E-state index in [1.54, 1.807) is 7.11 Å². The first-order valence-corrected chi connectivity index (χ1v) is 10.7. The summed E-state index contributed by atoms with van der Waals surface area (Å²) in [5.41, 5.74) is 1.06. The zero-order valence-corrected chi connectivity index (χ0v) is 15.5. The lowest BCUT2D eigenvalue weighted by atomic mass is 10.0. The molecule has 2 aliphatic rings. The van der Waals surface area contributed by atoms with Gasteiger partial charge in [-0.1, -0.05) is 12.1 Å². The van der Waals surface area contributed by atoms with Crippen molar-refractivity contribution in [3.63, 3.8) is 0 Å². The van der Waals surface area contributed by atoms with Gasteiger partial charge in [0.05, 0.1) is 24.3 Å². The Bertz CT molecular complexity index is 712. The molecular weight excluding hydrogens is 340 g/mol. The molecule has 2 aliphatic heterocycles. The third-order valence-electron chi connectivity index (χ3n) is 5.15. The van der Waals surface area contributed by atoms with Crippen LogP contribution in [0.5, 0.6) is 5.75 Å². The number of ether oxygens (including phenoxy) is 1. The standard InChI is InChI=1S/C18H26N2O4S/c1-24-17-5-3-2-4-16(17)19-9-11-20(12-10-19)18(21)7-6-15-8-13-25(22,23)14-15/h2-5,15H,6-14H2,1H3. The molecule has 0 radical (unpaired) electrons. The van der Waals surface area contributed by atoms with Crippen molar-refractivity contribution in [1.82, 2.24) is 4.90 Å². The fourth-order valence-corrected chi connectivity index (χ4v) is 5.58. The van der Waals surface area contributed by atoms with E-state index in [9.17, 15) is 13.2 Å². The molecule has 0 saturated carbocycles. The molecule has 0 bridgehead atoms. The van der Waals surface area contributed by atoms with Crippen LogP contribution in [-0.2, 0) is 14.6 Å². The highest BCUT2D eigenvalue weighted by atomic mass is 32.2. The van der Waals surface area contributed by atoms with E-state index in [0.29, 0.717) is 32.4 Å². The van der Waals surface area contributed by atoms with Crippen molar-refractivity contribution in [2.45, 2.75) is 19.3 Å². The van der Waals surface area contributed by atoms with E-state index in [0.717, 1.165) is 24.5 Å². The third kappa shape index (κ3) is 4.45. The SMILES string of the molecule is COc1ccccc1N1CCN(C(=O)CCC2CCS(=O)(=O)C2)CC1. The van der Waals surface area contributed by atoms with Gasteiger partial charge in [-0.05, 0) is 30.9 Å². The van der Waals surface area contributed by atoms with Crippen LogP contribution in [0.25, 0.3) is 0 Å². The normalized spacial score (nSPS) is 22.8. The minimum absolute atomic E-state index is 0.143. The van der Waals surface area contributed by atoms with E-state index in [1.807, 2.05) is 29.2 Å². The number of amides is 1. The summed E-state index contributed by atoms with van der Waals surface area (Å²) in [6, 6.07) is 7.93. The van der Waals surface area contributed by atoms with Crippen molar-refractivity contribution in [2.75, 3.05) is 49.7 Å². The van der Waals surface area contributed by atoms with Gasteiger partial charge >= 0.3 is 0 Å². The molecule has 1 amide bonds. The van der Waals surface area contributed by atoms with Crippen LogP contribution in [0, 0.1) is 5.92 Å². The third-order valence-corrected chi connectivity index (χ3v) is 6.99. The Balaban J connectivity index is 1.48. The molecule has 6 nitrogen and oxygen atoms in total. The van der Waals surface area contributed by atoms with Crippen LogP contribution in [0.2, 0.25) is 0 Å². The Morgan fingerprint density at radius 2 is 1.92 bits per heavy atom. The van der Waals surface area contributed by atoms with Crippen molar-refractivity contribution in [1.29, 1.82) is 0 Å². The summed E-state index contributed by atoms with van der Waals surface area (Å²) in [4.78, 5) is 16.6. The molecule has 2 fully saturated rings. The molecule has 0 aliphatic carbocycles. The quantitative estimate of drug-likeness (QED) is 0.791. The summed E-state index contributed by atoms with van der Waals surface area (Å²) < 4.78 is 28.4. The Morgan fingerprint density at radius 3 is 2.56 bits per heavy atom. The summed E-state index contributed by atoms with van der Waals surface area (Å²) >= 11 is 0. The lowest BCUT2D eigenvalue weighted by Crippen LogP contribution is -2.48. The summed E-state index contributed by atoms with van der Waals surface area (Å²) in [7, 11) is -1.19. The highest BCUT2D eigenvalue weighted by Gasteiger charge is 2.29. The van der Waals surface area contributed by atoms with Crippen molar-refractivity contribution >= 4 is 21.4 Å². The first-order chi connectivity index (χ1) is 12.0. The average molecular weight is 366 g/mol. The monoisotopic (exact) mass is 366 g/mol. The number of piperazine rings is 1. The second-order valence-electron chi connectivity index (χ2n) is 6.85. The van der Waals surface area contributed by atoms with Gasteiger partial charge in [0.15, 0.2) is 9.84 Å². The lowest BCUT2D eigenvalue weighted by molar-refractivity contribution is -0.131. The summed E-state index contributed by atoms with van der Waals surface area (Å²) in [5.74, 6) is 1.68. The maximum absolute atomic E-state index is 12.4. The van der Waals surface area contributed by atoms with E-state index in [1.165, 1.54) is 0 Å². The van der Waals surface area contributed by atoms with Crippen molar-refractivity contribution in [3.05, 3.63) is 24.3 Å². The smallest absolute Gasteiger partial charge is 0.222 e. The van der Waals surface area contributed by atoms with Crippen LogP contribution in [0.15, 0.2) is 24.3 Å². The summed E-state index contributed by atoms with van der Waals surface area (Å²) in [6.45, 7) is 2.95. The minimum atomic E-state index is -2.86. The molecule has 3 rings (SSSR count). The van der Waals surface area contributed by atoms with Gasteiger partial charge in [-0.3, -0.25) is 4.79 Å². The maximum atomic E-state index is 12.4. The fraction of sp³-hybridized carbons (Fsp3) is 0.611. The molecule has 1 unspecified atom stereocenters. The van der Waals surface area contributed by atoms with Crippen LogP contribution >= 0.6 is 0 Å². The van der Waals surface area contributed by atoms with Gasteiger partial charge in [0.2, 0.25) is 5.91 Å². The number of sulfone groups is 1. The number of benzene rings is 1. The largest absolute Gasteiger partial charge is 0.495 e. The number of methoxy groups -OCH3 is 1. The number of hydrogen-bond acceptors (Lipinski definition) is 5. The lowest BCUT2D eigenvalue weighted by Gasteiger charge is -2.36. The Kier molecular flexibility index (Phi) is 5.51. The van der Waals surface area contributed by atoms with E-state index in [-0.39, 0.29) is 23.3 Å². The molecule has 1 atom stereocenters. The van der Waals surface area contributed by atoms with E-state index < -0.39 is 9.84 Å². The van der Waals surface area contributed by atoms with Gasteiger partial charge in [0.25, 0.3) is 0 Å². The Morgan fingerprint density at radius 1 is 1.20 bits per heavy atom. The molecule has 0 spiro atoms. The number of para-hydroxylation sites is 2. The number of carbonyl (C=O) groups is 1. The van der Waals surface area contributed by atoms with Gasteiger partial charge in [-0.2, -0.15) is 0 Å². The average Bonchev–Trinajstić information content (AvgIpc) is 2.98. The van der Waals surface area contributed by atoms with Crippen molar-refractivity contribution < 1.29 is 17.9 Å². The van der Waals surface area contributed by atoms with Gasteiger partial charge < -0.3 is 14.5 Å². The zero-order valence-electron chi connectivity index (χ0n) is 14.7. The molecule has 25 heavy (non-hydrogen) atoms. The van der Waals surface area contributed by atoms with Crippen LogP contribution in [0.4, 0.5) is 5.69 Å². The van der Waals surface area contributed by atoms with Gasteiger partial charge in [0.1, 0.15) is 5.75 Å².